The van der Waals surface area contributed by atoms with Gasteiger partial charge in [0.05, 0.1) is 0 Å². The summed E-state index contributed by atoms with van der Waals surface area (Å²) < 4.78 is 0. The summed E-state index contributed by atoms with van der Waals surface area (Å²) in [7, 11) is 0. The highest BCUT2D eigenvalue weighted by Gasteiger charge is 2.20. The molecule has 104 valence electrons. The summed E-state index contributed by atoms with van der Waals surface area (Å²) in [6.45, 7) is 2.99. The molecule has 0 aliphatic rings. The third-order valence-electron chi connectivity index (χ3n) is 3.36. The first kappa shape index (κ1) is 14.3. The Balaban J connectivity index is 2.14. The molecule has 2 aromatic carbocycles. The van der Waals surface area contributed by atoms with Crippen LogP contribution >= 0.6 is 0 Å². The Kier molecular flexibility index (Phi) is 4.91. The van der Waals surface area contributed by atoms with E-state index in [2.05, 4.69) is 0 Å². The van der Waals surface area contributed by atoms with Crippen LogP contribution in [0.1, 0.15) is 18.1 Å². The van der Waals surface area contributed by atoms with Crippen molar-refractivity contribution in [3.05, 3.63) is 71.8 Å². The van der Waals surface area contributed by atoms with Crippen molar-refractivity contribution in [1.82, 2.24) is 4.90 Å². The lowest BCUT2D eigenvalue weighted by molar-refractivity contribution is -0.143. The minimum Gasteiger partial charge on any atom is -0.480 e. The van der Waals surface area contributed by atoms with Gasteiger partial charge in [0.1, 0.15) is 6.04 Å². The lowest BCUT2D eigenvalue weighted by Gasteiger charge is -2.26. The zero-order chi connectivity index (χ0) is 14.4. The predicted molar refractivity (Wildman–Crippen MR) is 79.2 cm³/mol. The minimum atomic E-state index is -0.795. The first-order valence-corrected chi connectivity index (χ1v) is 6.71. The van der Waals surface area contributed by atoms with Gasteiger partial charge in [-0.2, -0.15) is 0 Å². The Morgan fingerprint density at radius 1 is 0.950 bits per heavy atom. The van der Waals surface area contributed by atoms with E-state index in [1.165, 1.54) is 0 Å². The number of benzene rings is 2. The van der Waals surface area contributed by atoms with E-state index in [0.29, 0.717) is 13.1 Å². The summed E-state index contributed by atoms with van der Waals surface area (Å²) in [6, 6.07) is 19.4. The van der Waals surface area contributed by atoms with Gasteiger partial charge in [-0.15, -0.1) is 0 Å². The number of rotatable bonds is 6. The topological polar surface area (TPSA) is 40.5 Å². The second-order valence-corrected chi connectivity index (χ2v) is 4.89. The first-order valence-electron chi connectivity index (χ1n) is 6.71. The van der Waals surface area contributed by atoms with Crippen molar-refractivity contribution in [2.75, 3.05) is 0 Å². The van der Waals surface area contributed by atoms with Crippen molar-refractivity contribution in [3.63, 3.8) is 0 Å². The summed E-state index contributed by atoms with van der Waals surface area (Å²) in [6.07, 6.45) is 0. The molecule has 1 unspecified atom stereocenters. The maximum Gasteiger partial charge on any atom is 0.320 e. The zero-order valence-electron chi connectivity index (χ0n) is 11.6. The third-order valence-corrected chi connectivity index (χ3v) is 3.36. The lowest BCUT2D eigenvalue weighted by atomic mass is 10.1. The maximum atomic E-state index is 11.3. The van der Waals surface area contributed by atoms with Crippen LogP contribution in [-0.4, -0.2) is 22.0 Å². The van der Waals surface area contributed by atoms with E-state index in [-0.39, 0.29) is 0 Å². The van der Waals surface area contributed by atoms with Crippen LogP contribution in [0.2, 0.25) is 0 Å². The van der Waals surface area contributed by atoms with Gasteiger partial charge in [-0.3, -0.25) is 9.69 Å². The second-order valence-electron chi connectivity index (χ2n) is 4.89. The van der Waals surface area contributed by atoms with Gasteiger partial charge in [0, 0.05) is 13.1 Å². The molecule has 0 heterocycles. The van der Waals surface area contributed by atoms with E-state index in [1.807, 2.05) is 65.6 Å². The van der Waals surface area contributed by atoms with Crippen LogP contribution in [0.4, 0.5) is 0 Å². The van der Waals surface area contributed by atoms with Gasteiger partial charge in [0.15, 0.2) is 0 Å². The fourth-order valence-electron chi connectivity index (χ4n) is 2.12. The van der Waals surface area contributed by atoms with Crippen LogP contribution in [0, 0.1) is 0 Å². The summed E-state index contributed by atoms with van der Waals surface area (Å²) in [5.74, 6) is -0.795. The number of aliphatic carboxylic acids is 1. The number of carbonyl (C=O) groups is 1. The van der Waals surface area contributed by atoms with Gasteiger partial charge in [0.25, 0.3) is 0 Å². The molecule has 0 amide bonds. The van der Waals surface area contributed by atoms with Gasteiger partial charge < -0.3 is 5.11 Å². The van der Waals surface area contributed by atoms with Gasteiger partial charge in [-0.05, 0) is 18.1 Å². The van der Waals surface area contributed by atoms with Gasteiger partial charge in [-0.25, -0.2) is 0 Å². The largest absolute Gasteiger partial charge is 0.480 e. The lowest BCUT2D eigenvalue weighted by Crippen LogP contribution is -2.37. The maximum absolute atomic E-state index is 11.3. The van der Waals surface area contributed by atoms with E-state index in [9.17, 15) is 9.90 Å². The van der Waals surface area contributed by atoms with Crippen LogP contribution in [0.5, 0.6) is 0 Å². The summed E-state index contributed by atoms with van der Waals surface area (Å²) in [4.78, 5) is 13.2. The second kappa shape index (κ2) is 6.87. The molecule has 0 radical (unpaired) electrons. The molecule has 0 aromatic heterocycles. The van der Waals surface area contributed by atoms with Gasteiger partial charge >= 0.3 is 5.97 Å². The number of carboxylic acid groups (broad SMARTS) is 1. The summed E-state index contributed by atoms with van der Waals surface area (Å²) >= 11 is 0. The van der Waals surface area contributed by atoms with Crippen molar-refractivity contribution >= 4 is 5.97 Å². The molecule has 0 bridgehead atoms. The first-order chi connectivity index (χ1) is 9.66. The fraction of sp³-hybridized carbons (Fsp3) is 0.235. The summed E-state index contributed by atoms with van der Waals surface area (Å²) in [5, 5.41) is 9.27. The highest BCUT2D eigenvalue weighted by atomic mass is 16.4. The van der Waals surface area contributed by atoms with E-state index in [0.717, 1.165) is 11.1 Å². The van der Waals surface area contributed by atoms with Crippen molar-refractivity contribution in [2.45, 2.75) is 26.1 Å². The average molecular weight is 269 g/mol. The average Bonchev–Trinajstić information content (AvgIpc) is 2.48. The molecule has 0 saturated heterocycles. The van der Waals surface area contributed by atoms with E-state index < -0.39 is 12.0 Å². The number of hydrogen-bond donors (Lipinski definition) is 1. The van der Waals surface area contributed by atoms with E-state index >= 15 is 0 Å². The molecule has 1 atom stereocenters. The highest BCUT2D eigenvalue weighted by molar-refractivity contribution is 5.72. The Bertz CT molecular complexity index is 498. The van der Waals surface area contributed by atoms with Gasteiger partial charge in [-0.1, -0.05) is 60.7 Å². The molecule has 0 spiro atoms. The highest BCUT2D eigenvalue weighted by Crippen LogP contribution is 2.13. The molecule has 2 aromatic rings. The van der Waals surface area contributed by atoms with Crippen LogP contribution in [-0.2, 0) is 17.9 Å². The molecule has 3 nitrogen and oxygen atoms in total. The number of hydrogen-bond acceptors (Lipinski definition) is 2. The monoisotopic (exact) mass is 269 g/mol. The van der Waals surface area contributed by atoms with Crippen LogP contribution in [0.15, 0.2) is 60.7 Å². The molecule has 20 heavy (non-hydrogen) atoms. The van der Waals surface area contributed by atoms with E-state index in [4.69, 9.17) is 0 Å². The van der Waals surface area contributed by atoms with E-state index in [1.54, 1.807) is 6.92 Å². The molecular weight excluding hydrogens is 250 g/mol. The Hall–Kier alpha value is -2.13. The van der Waals surface area contributed by atoms with Crippen LogP contribution in [0.3, 0.4) is 0 Å². The quantitative estimate of drug-likeness (QED) is 0.875. The molecule has 0 aliphatic heterocycles. The number of carboxylic acids is 1. The van der Waals surface area contributed by atoms with Crippen molar-refractivity contribution in [1.29, 1.82) is 0 Å². The fourth-order valence-corrected chi connectivity index (χ4v) is 2.12. The smallest absolute Gasteiger partial charge is 0.320 e. The summed E-state index contributed by atoms with van der Waals surface area (Å²) in [5.41, 5.74) is 2.24. The van der Waals surface area contributed by atoms with Crippen molar-refractivity contribution in [3.8, 4) is 0 Å². The molecule has 0 saturated carbocycles. The third kappa shape index (κ3) is 3.93. The molecular formula is C17H19NO2. The normalized spacial score (nSPS) is 12.3. The Morgan fingerprint density at radius 2 is 1.35 bits per heavy atom. The predicted octanol–water partition coefficient (Wildman–Crippen LogP) is 3.16. The molecule has 0 fully saturated rings. The molecule has 2 rings (SSSR count). The molecule has 3 heteroatoms. The Morgan fingerprint density at radius 3 is 1.70 bits per heavy atom. The SMILES string of the molecule is CC(C(=O)O)N(Cc1ccccc1)Cc1ccccc1. The van der Waals surface area contributed by atoms with Crippen LogP contribution in [0.25, 0.3) is 0 Å². The standard InChI is InChI=1S/C17H19NO2/c1-14(17(19)20)18(12-15-8-4-2-5-9-15)13-16-10-6-3-7-11-16/h2-11,14H,12-13H2,1H3,(H,19,20). The number of nitrogens with zero attached hydrogens (tertiary/aromatic N) is 1. The molecule has 0 aliphatic carbocycles. The van der Waals surface area contributed by atoms with Crippen molar-refractivity contribution in [2.24, 2.45) is 0 Å². The Labute approximate surface area is 119 Å². The van der Waals surface area contributed by atoms with Crippen molar-refractivity contribution < 1.29 is 9.90 Å². The van der Waals surface area contributed by atoms with Gasteiger partial charge in [0.2, 0.25) is 0 Å². The van der Waals surface area contributed by atoms with Crippen LogP contribution < -0.4 is 0 Å². The minimum absolute atomic E-state index is 0.518. The zero-order valence-corrected chi connectivity index (χ0v) is 11.6. The molecule has 1 N–H and O–H groups in total.